The molecule has 0 radical (unpaired) electrons. The van der Waals surface area contributed by atoms with Crippen LogP contribution in [0, 0.1) is 17.8 Å². The van der Waals surface area contributed by atoms with E-state index in [9.17, 15) is 48.0 Å². The first kappa shape index (κ1) is 31.0. The summed E-state index contributed by atoms with van der Waals surface area (Å²) < 4.78 is 43.9. The van der Waals surface area contributed by atoms with Gasteiger partial charge in [-0.15, -0.1) is 0 Å². The maximum Gasteiger partial charge on any atom is 0.417 e. The highest BCUT2D eigenvalue weighted by atomic mass is 19.4. The molecular weight excluding hydrogens is 571 g/mol. The molecule has 1 aromatic carbocycles. The Morgan fingerprint density at radius 3 is 2.37 bits per heavy atom. The molecule has 5 rings (SSSR count). The smallest absolute Gasteiger partial charge is 0.417 e. The number of amides is 1. The molecule has 4 atom stereocenters. The zero-order valence-corrected chi connectivity index (χ0v) is 23.9. The van der Waals surface area contributed by atoms with E-state index in [-0.39, 0.29) is 18.5 Å². The van der Waals surface area contributed by atoms with Crippen molar-refractivity contribution in [1.82, 2.24) is 10.2 Å². The molecule has 13 heteroatoms. The number of likely N-dealkylation sites (N-methyl/N-ethyl adjacent to an activating group) is 1. The lowest BCUT2D eigenvalue weighted by Crippen LogP contribution is -2.65. The number of carbonyl (C=O) groups excluding carboxylic acids is 3. The monoisotopic (exact) mass is 607 g/mol. The number of carbonyl (C=O) groups is 3. The number of benzene rings is 1. The number of fused-ring (bicyclic) bond motifs is 3. The molecule has 0 bridgehead atoms. The van der Waals surface area contributed by atoms with Crippen molar-refractivity contribution in [3.8, 4) is 5.75 Å². The predicted molar refractivity (Wildman–Crippen MR) is 148 cm³/mol. The Morgan fingerprint density at radius 2 is 1.79 bits per heavy atom. The fourth-order valence-electron chi connectivity index (χ4n) is 7.68. The summed E-state index contributed by atoms with van der Waals surface area (Å²) in [6.07, 6.45) is -0.353. The first-order valence-corrected chi connectivity index (χ1v) is 14.4. The number of primary amides is 1. The highest BCUT2D eigenvalue weighted by molar-refractivity contribution is 6.24. The number of phenolic OH excluding ortho intramolecular Hbond substituents is 1. The highest BCUT2D eigenvalue weighted by Gasteiger charge is 2.64. The van der Waals surface area contributed by atoms with Crippen molar-refractivity contribution in [3.05, 3.63) is 45.2 Å². The number of aliphatic hydroxyl groups excluding tert-OH is 2. The summed E-state index contributed by atoms with van der Waals surface area (Å²) in [4.78, 5) is 40.5. The molecule has 1 amide bonds. The second kappa shape index (κ2) is 10.9. The number of hydrogen-bond donors (Lipinski definition) is 6. The average molecular weight is 608 g/mol. The Labute approximate surface area is 246 Å². The highest BCUT2D eigenvalue weighted by Crippen LogP contribution is 2.54. The van der Waals surface area contributed by atoms with Crippen molar-refractivity contribution in [2.75, 3.05) is 20.6 Å². The van der Waals surface area contributed by atoms with E-state index in [1.165, 1.54) is 19.0 Å². The van der Waals surface area contributed by atoms with Crippen molar-refractivity contribution >= 4 is 23.2 Å². The zero-order valence-electron chi connectivity index (χ0n) is 23.9. The van der Waals surface area contributed by atoms with Crippen LogP contribution in [0.1, 0.15) is 60.8 Å². The van der Waals surface area contributed by atoms with Crippen LogP contribution in [0.4, 0.5) is 13.2 Å². The van der Waals surface area contributed by atoms with E-state index in [1.54, 1.807) is 0 Å². The Kier molecular flexibility index (Phi) is 7.89. The molecule has 0 spiro atoms. The van der Waals surface area contributed by atoms with Gasteiger partial charge in [0.2, 0.25) is 5.78 Å². The number of alkyl halides is 3. The summed E-state index contributed by atoms with van der Waals surface area (Å²) in [6.45, 7) is 0.341. The van der Waals surface area contributed by atoms with Crippen molar-refractivity contribution in [2.24, 2.45) is 23.5 Å². The minimum Gasteiger partial charge on any atom is -0.508 e. The summed E-state index contributed by atoms with van der Waals surface area (Å²) in [6, 6.07) is -0.412. The predicted octanol–water partition coefficient (Wildman–Crippen LogP) is 2.65. The summed E-state index contributed by atoms with van der Waals surface area (Å²) in [7, 11) is 2.89. The number of nitrogens with two attached hydrogens (primary N) is 1. The van der Waals surface area contributed by atoms with Crippen LogP contribution in [0.25, 0.3) is 5.76 Å². The molecule has 0 unspecified atom stereocenters. The van der Waals surface area contributed by atoms with Crippen molar-refractivity contribution in [2.45, 2.75) is 69.3 Å². The van der Waals surface area contributed by atoms with Gasteiger partial charge in [0.15, 0.2) is 11.4 Å². The zero-order chi connectivity index (χ0) is 31.6. The number of halogens is 3. The van der Waals surface area contributed by atoms with Gasteiger partial charge in [-0.3, -0.25) is 19.3 Å². The van der Waals surface area contributed by atoms with Crippen LogP contribution in [-0.2, 0) is 33.5 Å². The molecular formula is C30H36F3N3O7. The van der Waals surface area contributed by atoms with Crippen LogP contribution in [0.15, 0.2) is 23.0 Å². The maximum atomic E-state index is 14.6. The number of nitrogens with one attached hydrogen (secondary N) is 1. The molecule has 234 valence electrons. The van der Waals surface area contributed by atoms with Gasteiger partial charge in [-0.05, 0) is 75.4 Å². The normalized spacial score (nSPS) is 28.2. The first-order valence-electron chi connectivity index (χ1n) is 14.4. The van der Waals surface area contributed by atoms with Gasteiger partial charge in [0, 0.05) is 18.0 Å². The summed E-state index contributed by atoms with van der Waals surface area (Å²) in [5, 5.41) is 47.8. The van der Waals surface area contributed by atoms with E-state index < -0.39 is 98.7 Å². The molecule has 0 aromatic heterocycles. The first-order chi connectivity index (χ1) is 20.1. The molecule has 7 N–H and O–H groups in total. The van der Waals surface area contributed by atoms with Crippen molar-refractivity contribution in [1.29, 1.82) is 0 Å². The number of nitrogens with zero attached hydrogens (tertiary/aromatic N) is 1. The topological polar surface area (TPSA) is 173 Å². The Bertz CT molecular complexity index is 1450. The molecule has 2 saturated carbocycles. The second-order valence-electron chi connectivity index (χ2n) is 12.4. The molecule has 4 aliphatic carbocycles. The molecule has 0 aliphatic heterocycles. The summed E-state index contributed by atoms with van der Waals surface area (Å²) >= 11 is 0. The number of phenols is 1. The van der Waals surface area contributed by atoms with Crippen LogP contribution < -0.4 is 11.1 Å². The third-order valence-electron chi connectivity index (χ3n) is 9.56. The number of aliphatic hydroxyl groups is 3. The van der Waals surface area contributed by atoms with Gasteiger partial charge in [0.05, 0.1) is 17.2 Å². The standard InChI is InChI=1S/C30H36F3N3O7/c1-36(2)23-17-9-14-8-16-20(24(38)19(14)26(40)29(17,43)27(41)21(25(23)39)28(34)42)18(37)10-15(22(16)30(31,32)33)12-35-11-13-6-4-3-5-7-13/h10,13-14,17,23,35,37-38,41,43H,3-9,11-12H2,1-2H3,(H2,34,42)/t14-,17-,23-,29-/m0/s1. The summed E-state index contributed by atoms with van der Waals surface area (Å²) in [5.41, 5.74) is -1.24. The Hall–Kier alpha value is -3.42. The SMILES string of the molecule is CN(C)[C@@H]1C(=O)C(C(N)=O)=C(O)[C@@]2(O)C(=O)C3=C(O)c4c(O)cc(CNCC5CCCCC5)c(C(F)(F)F)c4C[C@H]3C[C@@H]12. The Morgan fingerprint density at radius 1 is 1.14 bits per heavy atom. The van der Waals surface area contributed by atoms with Gasteiger partial charge in [0.1, 0.15) is 22.8 Å². The van der Waals surface area contributed by atoms with E-state index in [0.717, 1.165) is 38.2 Å². The van der Waals surface area contributed by atoms with Gasteiger partial charge in [-0.1, -0.05) is 19.3 Å². The maximum absolute atomic E-state index is 14.6. The lowest BCUT2D eigenvalue weighted by molar-refractivity contribution is -0.153. The molecule has 4 aliphatic rings. The fraction of sp³-hybridized carbons (Fsp3) is 0.567. The lowest BCUT2D eigenvalue weighted by Gasteiger charge is -2.50. The van der Waals surface area contributed by atoms with Crippen LogP contribution in [0.5, 0.6) is 5.75 Å². The van der Waals surface area contributed by atoms with Gasteiger partial charge >= 0.3 is 6.18 Å². The third-order valence-corrected chi connectivity index (χ3v) is 9.56. The largest absolute Gasteiger partial charge is 0.508 e. The number of hydrogen-bond acceptors (Lipinski definition) is 9. The molecule has 2 fully saturated rings. The number of Topliss-reactive ketones (excluding diaryl/α,β-unsaturated/α-hetero) is 2. The molecule has 1 aromatic rings. The van der Waals surface area contributed by atoms with E-state index in [0.29, 0.717) is 12.5 Å². The van der Waals surface area contributed by atoms with Gasteiger partial charge in [-0.25, -0.2) is 0 Å². The van der Waals surface area contributed by atoms with Gasteiger partial charge < -0.3 is 31.5 Å². The molecule has 10 nitrogen and oxygen atoms in total. The number of aromatic hydroxyl groups is 1. The fourth-order valence-corrected chi connectivity index (χ4v) is 7.68. The van der Waals surface area contributed by atoms with Crippen LogP contribution in [0.2, 0.25) is 0 Å². The Balaban J connectivity index is 1.62. The molecule has 43 heavy (non-hydrogen) atoms. The third kappa shape index (κ3) is 4.91. The number of rotatable bonds is 6. The van der Waals surface area contributed by atoms with Crippen LogP contribution in [-0.4, -0.2) is 75.1 Å². The summed E-state index contributed by atoms with van der Waals surface area (Å²) in [5.74, 6) is -8.62. The van der Waals surface area contributed by atoms with E-state index >= 15 is 0 Å². The molecule has 0 saturated heterocycles. The van der Waals surface area contributed by atoms with Crippen LogP contribution >= 0.6 is 0 Å². The van der Waals surface area contributed by atoms with E-state index in [4.69, 9.17) is 5.73 Å². The van der Waals surface area contributed by atoms with Crippen molar-refractivity contribution < 1.29 is 48.0 Å². The minimum atomic E-state index is -4.87. The van der Waals surface area contributed by atoms with Gasteiger partial charge in [0.25, 0.3) is 5.91 Å². The second-order valence-corrected chi connectivity index (χ2v) is 12.4. The lowest BCUT2D eigenvalue weighted by atomic mass is 9.57. The minimum absolute atomic E-state index is 0.179. The van der Waals surface area contributed by atoms with Crippen LogP contribution in [0.3, 0.4) is 0 Å². The molecule has 0 heterocycles. The van der Waals surface area contributed by atoms with E-state index in [1.807, 2.05) is 0 Å². The van der Waals surface area contributed by atoms with E-state index in [2.05, 4.69) is 5.32 Å². The van der Waals surface area contributed by atoms with Crippen molar-refractivity contribution in [3.63, 3.8) is 0 Å². The van der Waals surface area contributed by atoms with Gasteiger partial charge in [-0.2, -0.15) is 13.2 Å². The number of ketones is 2. The quantitative estimate of drug-likeness (QED) is 0.266. The average Bonchev–Trinajstić information content (AvgIpc) is 2.90.